The van der Waals surface area contributed by atoms with E-state index >= 15 is 0 Å². The summed E-state index contributed by atoms with van der Waals surface area (Å²) in [5.41, 5.74) is 1.13. The molecule has 2 N–H and O–H groups in total. The van der Waals surface area contributed by atoms with E-state index < -0.39 is 10.0 Å². The van der Waals surface area contributed by atoms with Crippen LogP contribution in [0.25, 0.3) is 0 Å². The van der Waals surface area contributed by atoms with Crippen molar-refractivity contribution in [3.05, 3.63) is 53.9 Å². The fourth-order valence-electron chi connectivity index (χ4n) is 1.92. The molecule has 1 heterocycles. The minimum atomic E-state index is -3.68. The fraction of sp³-hybridized carbons (Fsp3) is 0.294. The molecule has 0 bridgehead atoms. The molecule has 0 atom stereocenters. The Labute approximate surface area is 142 Å². The molecule has 2 rings (SSSR count). The van der Waals surface area contributed by atoms with Crippen LogP contribution in [-0.2, 0) is 10.0 Å². The van der Waals surface area contributed by atoms with E-state index in [4.69, 9.17) is 0 Å². The Kier molecular flexibility index (Phi) is 4.94. The van der Waals surface area contributed by atoms with Gasteiger partial charge in [-0.3, -0.25) is 9.52 Å². The number of carbonyl (C=O) groups is 1. The van der Waals surface area contributed by atoms with Gasteiger partial charge in [0.05, 0.1) is 16.8 Å². The number of hydrogen-bond acceptors (Lipinski definition) is 4. The summed E-state index contributed by atoms with van der Waals surface area (Å²) in [6.45, 7) is 7.49. The van der Waals surface area contributed by atoms with Gasteiger partial charge in [0, 0.05) is 5.54 Å². The second-order valence-electron chi connectivity index (χ2n) is 6.55. The van der Waals surface area contributed by atoms with Crippen molar-refractivity contribution in [3.63, 3.8) is 0 Å². The number of hydrogen-bond donors (Lipinski definition) is 2. The maximum Gasteiger partial charge on any atom is 0.270 e. The van der Waals surface area contributed by atoms with Gasteiger partial charge in [-0.2, -0.15) is 0 Å². The predicted molar refractivity (Wildman–Crippen MR) is 93.4 cm³/mol. The molecule has 1 aromatic heterocycles. The Morgan fingerprint density at radius 3 is 2.17 bits per heavy atom. The largest absolute Gasteiger partial charge is 0.346 e. The van der Waals surface area contributed by atoms with E-state index in [1.54, 1.807) is 12.1 Å². The van der Waals surface area contributed by atoms with Crippen LogP contribution in [0.15, 0.2) is 47.5 Å². The Hall–Kier alpha value is -2.41. The number of aromatic nitrogens is 1. The van der Waals surface area contributed by atoms with Gasteiger partial charge in [0.25, 0.3) is 15.9 Å². The molecule has 0 spiro atoms. The van der Waals surface area contributed by atoms with Crippen LogP contribution in [-0.4, -0.2) is 24.8 Å². The minimum Gasteiger partial charge on any atom is -0.346 e. The van der Waals surface area contributed by atoms with E-state index in [1.807, 2.05) is 27.7 Å². The Morgan fingerprint density at radius 1 is 1.04 bits per heavy atom. The molecule has 0 saturated heterocycles. The first-order valence-electron chi connectivity index (χ1n) is 7.45. The topological polar surface area (TPSA) is 88.2 Å². The summed E-state index contributed by atoms with van der Waals surface area (Å²) in [5.74, 6) is -0.310. The number of benzene rings is 1. The molecular formula is C17H21N3O3S. The van der Waals surface area contributed by atoms with Crippen LogP contribution in [0.4, 0.5) is 5.69 Å². The normalized spacial score (nSPS) is 11.8. The molecule has 0 aliphatic heterocycles. The lowest BCUT2D eigenvalue weighted by molar-refractivity contribution is 0.0914. The van der Waals surface area contributed by atoms with Crippen LogP contribution >= 0.6 is 0 Å². The molecule has 0 aliphatic rings. The summed E-state index contributed by atoms with van der Waals surface area (Å²) in [6, 6.07) is 9.52. The fourth-order valence-corrected chi connectivity index (χ4v) is 2.97. The number of carbonyl (C=O) groups excluding carboxylic acids is 1. The Bertz CT molecular complexity index is 821. The van der Waals surface area contributed by atoms with E-state index in [0.29, 0.717) is 5.69 Å². The summed E-state index contributed by atoms with van der Waals surface area (Å²) in [6.07, 6.45) is 1.32. The molecule has 2 aromatic rings. The third kappa shape index (κ3) is 4.79. The molecule has 0 aliphatic carbocycles. The van der Waals surface area contributed by atoms with Crippen molar-refractivity contribution >= 4 is 21.6 Å². The van der Waals surface area contributed by atoms with E-state index in [-0.39, 0.29) is 22.0 Å². The summed E-state index contributed by atoms with van der Waals surface area (Å²) in [5, 5.41) is 2.79. The maximum atomic E-state index is 12.3. The van der Waals surface area contributed by atoms with Gasteiger partial charge >= 0.3 is 0 Å². The van der Waals surface area contributed by atoms with Crippen LogP contribution in [0.1, 0.15) is 36.8 Å². The van der Waals surface area contributed by atoms with E-state index in [9.17, 15) is 13.2 Å². The lowest BCUT2D eigenvalue weighted by Gasteiger charge is -2.20. The van der Waals surface area contributed by atoms with Crippen molar-refractivity contribution < 1.29 is 13.2 Å². The molecule has 0 saturated carbocycles. The van der Waals surface area contributed by atoms with Gasteiger partial charge in [-0.25, -0.2) is 13.4 Å². The van der Waals surface area contributed by atoms with Crippen LogP contribution in [0, 0.1) is 6.92 Å². The maximum absolute atomic E-state index is 12.3. The number of rotatable bonds is 4. The minimum absolute atomic E-state index is 0.169. The molecule has 0 fully saturated rings. The molecule has 0 radical (unpaired) electrons. The summed E-state index contributed by atoms with van der Waals surface area (Å²) >= 11 is 0. The molecule has 128 valence electrons. The zero-order valence-electron chi connectivity index (χ0n) is 14.1. The average Bonchev–Trinajstić information content (AvgIpc) is 2.46. The SMILES string of the molecule is Cc1ccc(S(=O)(=O)Nc2ccc(C(=O)NC(C)(C)C)nc2)cc1. The first-order chi connectivity index (χ1) is 11.1. The van der Waals surface area contributed by atoms with Gasteiger partial charge in [0.1, 0.15) is 5.69 Å². The molecule has 1 aromatic carbocycles. The summed E-state index contributed by atoms with van der Waals surface area (Å²) in [7, 11) is -3.68. The first kappa shape index (κ1) is 17.9. The average molecular weight is 347 g/mol. The summed E-state index contributed by atoms with van der Waals surface area (Å²) < 4.78 is 27.0. The van der Waals surface area contributed by atoms with Crippen LogP contribution in [0.2, 0.25) is 0 Å². The molecule has 1 amide bonds. The second kappa shape index (κ2) is 6.60. The zero-order valence-corrected chi connectivity index (χ0v) is 14.9. The second-order valence-corrected chi connectivity index (χ2v) is 8.24. The molecule has 6 nitrogen and oxygen atoms in total. The lowest BCUT2D eigenvalue weighted by Crippen LogP contribution is -2.40. The van der Waals surface area contributed by atoms with E-state index in [1.165, 1.54) is 30.5 Å². The zero-order chi connectivity index (χ0) is 18.0. The van der Waals surface area contributed by atoms with Crippen molar-refractivity contribution in [2.24, 2.45) is 0 Å². The number of nitrogens with zero attached hydrogens (tertiary/aromatic N) is 1. The number of nitrogens with one attached hydrogen (secondary N) is 2. The number of anilines is 1. The highest BCUT2D eigenvalue weighted by Gasteiger charge is 2.17. The smallest absolute Gasteiger partial charge is 0.270 e. The molecule has 7 heteroatoms. The van der Waals surface area contributed by atoms with Crippen LogP contribution in [0.5, 0.6) is 0 Å². The van der Waals surface area contributed by atoms with Crippen molar-refractivity contribution in [1.82, 2.24) is 10.3 Å². The van der Waals surface area contributed by atoms with Gasteiger partial charge in [0.2, 0.25) is 0 Å². The standard InChI is InChI=1S/C17H21N3O3S/c1-12-5-8-14(9-6-12)24(22,23)20-13-7-10-15(18-11-13)16(21)19-17(2,3)4/h5-11,20H,1-4H3,(H,19,21). The van der Waals surface area contributed by atoms with Gasteiger partial charge in [0.15, 0.2) is 0 Å². The Morgan fingerprint density at radius 2 is 1.67 bits per heavy atom. The molecular weight excluding hydrogens is 326 g/mol. The highest BCUT2D eigenvalue weighted by atomic mass is 32.2. The molecule has 0 unspecified atom stereocenters. The number of aryl methyl sites for hydroxylation is 1. The number of pyridine rings is 1. The van der Waals surface area contributed by atoms with Crippen molar-refractivity contribution in [2.75, 3.05) is 4.72 Å². The highest BCUT2D eigenvalue weighted by Crippen LogP contribution is 2.16. The van der Waals surface area contributed by atoms with Gasteiger partial charge < -0.3 is 5.32 Å². The van der Waals surface area contributed by atoms with Crippen LogP contribution < -0.4 is 10.0 Å². The van der Waals surface area contributed by atoms with Crippen molar-refractivity contribution in [1.29, 1.82) is 0 Å². The predicted octanol–water partition coefficient (Wildman–Crippen LogP) is 2.72. The molecule has 24 heavy (non-hydrogen) atoms. The Balaban J connectivity index is 2.14. The highest BCUT2D eigenvalue weighted by molar-refractivity contribution is 7.92. The first-order valence-corrected chi connectivity index (χ1v) is 8.93. The van der Waals surface area contributed by atoms with E-state index in [2.05, 4.69) is 15.0 Å². The van der Waals surface area contributed by atoms with Gasteiger partial charge in [-0.05, 0) is 52.0 Å². The quantitative estimate of drug-likeness (QED) is 0.890. The lowest BCUT2D eigenvalue weighted by atomic mass is 10.1. The number of amides is 1. The third-order valence-electron chi connectivity index (χ3n) is 3.07. The van der Waals surface area contributed by atoms with Crippen LogP contribution in [0.3, 0.4) is 0 Å². The monoisotopic (exact) mass is 347 g/mol. The number of sulfonamides is 1. The summed E-state index contributed by atoms with van der Waals surface area (Å²) in [4.78, 5) is 16.2. The van der Waals surface area contributed by atoms with Crippen molar-refractivity contribution in [2.45, 2.75) is 38.1 Å². The van der Waals surface area contributed by atoms with Gasteiger partial charge in [-0.1, -0.05) is 17.7 Å². The third-order valence-corrected chi connectivity index (χ3v) is 4.47. The van der Waals surface area contributed by atoms with Gasteiger partial charge in [-0.15, -0.1) is 0 Å². The van der Waals surface area contributed by atoms with E-state index in [0.717, 1.165) is 5.56 Å². The van der Waals surface area contributed by atoms with Crippen molar-refractivity contribution in [3.8, 4) is 0 Å².